The largest absolute Gasteiger partial charge is 0.411 e. The number of nitrogens with zero attached hydrogens (tertiary/aromatic N) is 2. The van der Waals surface area contributed by atoms with Crippen molar-refractivity contribution in [3.05, 3.63) is 29.8 Å². The van der Waals surface area contributed by atoms with Gasteiger partial charge in [0.15, 0.2) is 0 Å². The monoisotopic (exact) mass is 345 g/mol. The van der Waals surface area contributed by atoms with E-state index in [4.69, 9.17) is 4.42 Å². The maximum Gasteiger partial charge on any atom is 0.277 e. The molecule has 2 aromatic rings. The lowest BCUT2D eigenvalue weighted by molar-refractivity contribution is -0.118. The molecule has 1 amide bonds. The lowest BCUT2D eigenvalue weighted by atomic mass is 9.87. The first-order valence-corrected chi connectivity index (χ1v) is 9.24. The molecule has 0 unspecified atom stereocenters. The van der Waals surface area contributed by atoms with Gasteiger partial charge in [-0.3, -0.25) is 4.79 Å². The van der Waals surface area contributed by atoms with Crippen LogP contribution < -0.4 is 5.32 Å². The van der Waals surface area contributed by atoms with Gasteiger partial charge in [-0.1, -0.05) is 44.7 Å². The Kier molecular flexibility index (Phi) is 4.94. The van der Waals surface area contributed by atoms with Gasteiger partial charge in [-0.15, -0.1) is 10.2 Å². The van der Waals surface area contributed by atoms with Crippen molar-refractivity contribution in [3.8, 4) is 11.5 Å². The topological polar surface area (TPSA) is 68.0 Å². The summed E-state index contributed by atoms with van der Waals surface area (Å²) in [6, 6.07) is 8.14. The van der Waals surface area contributed by atoms with Crippen molar-refractivity contribution in [2.24, 2.45) is 5.92 Å². The van der Waals surface area contributed by atoms with Crippen molar-refractivity contribution in [1.29, 1.82) is 0 Å². The molecule has 128 valence electrons. The van der Waals surface area contributed by atoms with Crippen molar-refractivity contribution in [1.82, 2.24) is 15.5 Å². The second-order valence-electron chi connectivity index (χ2n) is 7.24. The molecule has 0 spiro atoms. The van der Waals surface area contributed by atoms with E-state index < -0.39 is 0 Å². The molecule has 6 heteroatoms. The molecular weight excluding hydrogens is 322 g/mol. The van der Waals surface area contributed by atoms with Crippen LogP contribution in [0.15, 0.2) is 33.9 Å². The number of nitrogens with one attached hydrogen (secondary N) is 1. The van der Waals surface area contributed by atoms with Gasteiger partial charge in [0.1, 0.15) is 0 Å². The molecule has 1 aliphatic rings. The summed E-state index contributed by atoms with van der Waals surface area (Å²) in [5.41, 5.74) is 2.26. The van der Waals surface area contributed by atoms with Gasteiger partial charge in [0.2, 0.25) is 11.8 Å². The van der Waals surface area contributed by atoms with Crippen LogP contribution in [0.4, 0.5) is 0 Å². The first kappa shape index (κ1) is 17.0. The summed E-state index contributed by atoms with van der Waals surface area (Å²) in [5.74, 6) is 1.49. The SMILES string of the molecule is CC(C)(C)c1ccc(-c2nnc(SCC(=O)NCC3CC3)o2)cc1. The first-order valence-electron chi connectivity index (χ1n) is 8.26. The van der Waals surface area contributed by atoms with Gasteiger partial charge < -0.3 is 9.73 Å². The third kappa shape index (κ3) is 4.60. The molecule has 0 atom stereocenters. The van der Waals surface area contributed by atoms with Gasteiger partial charge in [0.05, 0.1) is 5.75 Å². The van der Waals surface area contributed by atoms with Crippen LogP contribution in [0.25, 0.3) is 11.5 Å². The molecule has 1 aromatic carbocycles. The van der Waals surface area contributed by atoms with Crippen LogP contribution in [0.2, 0.25) is 0 Å². The standard InChI is InChI=1S/C18H23N3O2S/c1-18(2,3)14-8-6-13(7-9-14)16-20-21-17(23-16)24-11-15(22)19-10-12-4-5-12/h6-9,12H,4-5,10-11H2,1-3H3,(H,19,22). The summed E-state index contributed by atoms with van der Waals surface area (Å²) in [6.45, 7) is 7.32. The lowest BCUT2D eigenvalue weighted by Gasteiger charge is -2.18. The Hall–Kier alpha value is -1.82. The van der Waals surface area contributed by atoms with E-state index in [1.807, 2.05) is 12.1 Å². The molecular formula is C18H23N3O2S. The zero-order valence-electron chi connectivity index (χ0n) is 14.3. The maximum absolute atomic E-state index is 11.7. The zero-order valence-corrected chi connectivity index (χ0v) is 15.2. The normalized spacial score (nSPS) is 14.6. The third-order valence-corrected chi connectivity index (χ3v) is 4.83. The molecule has 1 aromatic heterocycles. The van der Waals surface area contributed by atoms with Crippen molar-refractivity contribution in [3.63, 3.8) is 0 Å². The fourth-order valence-corrected chi connectivity index (χ4v) is 2.85. The Morgan fingerprint density at radius 1 is 1.25 bits per heavy atom. The van der Waals surface area contributed by atoms with Crippen LogP contribution >= 0.6 is 11.8 Å². The Bertz CT molecular complexity index is 700. The van der Waals surface area contributed by atoms with Crippen LogP contribution in [0.3, 0.4) is 0 Å². The summed E-state index contributed by atoms with van der Waals surface area (Å²) in [7, 11) is 0. The number of carbonyl (C=O) groups excluding carboxylic acids is 1. The number of hydrogen-bond donors (Lipinski definition) is 1. The minimum absolute atomic E-state index is 0.0150. The van der Waals surface area contributed by atoms with E-state index in [1.54, 1.807) is 0 Å². The lowest BCUT2D eigenvalue weighted by Crippen LogP contribution is -2.27. The Labute approximate surface area is 146 Å². The number of amides is 1. The fourth-order valence-electron chi connectivity index (χ4n) is 2.26. The van der Waals surface area contributed by atoms with E-state index in [1.165, 1.54) is 30.2 Å². The second kappa shape index (κ2) is 6.97. The smallest absolute Gasteiger partial charge is 0.277 e. The number of hydrogen-bond acceptors (Lipinski definition) is 5. The fraction of sp³-hybridized carbons (Fsp3) is 0.500. The molecule has 24 heavy (non-hydrogen) atoms. The molecule has 0 saturated heterocycles. The molecule has 0 aliphatic heterocycles. The van der Waals surface area contributed by atoms with Gasteiger partial charge in [0.25, 0.3) is 5.22 Å². The highest BCUT2D eigenvalue weighted by Gasteiger charge is 2.21. The van der Waals surface area contributed by atoms with Gasteiger partial charge in [-0.25, -0.2) is 0 Å². The Balaban J connectivity index is 1.55. The maximum atomic E-state index is 11.7. The summed E-state index contributed by atoms with van der Waals surface area (Å²) in [5, 5.41) is 11.4. The van der Waals surface area contributed by atoms with Gasteiger partial charge in [-0.05, 0) is 41.9 Å². The zero-order chi connectivity index (χ0) is 17.2. The number of benzene rings is 1. The van der Waals surface area contributed by atoms with Crippen molar-refractivity contribution < 1.29 is 9.21 Å². The predicted octanol–water partition coefficient (Wildman–Crippen LogP) is 3.65. The Morgan fingerprint density at radius 3 is 2.58 bits per heavy atom. The minimum Gasteiger partial charge on any atom is -0.411 e. The minimum atomic E-state index is 0.0150. The summed E-state index contributed by atoms with van der Waals surface area (Å²) < 4.78 is 5.64. The molecule has 1 saturated carbocycles. The number of aromatic nitrogens is 2. The highest BCUT2D eigenvalue weighted by molar-refractivity contribution is 7.99. The summed E-state index contributed by atoms with van der Waals surface area (Å²) in [4.78, 5) is 11.7. The van der Waals surface area contributed by atoms with Gasteiger partial charge >= 0.3 is 0 Å². The summed E-state index contributed by atoms with van der Waals surface area (Å²) >= 11 is 1.27. The molecule has 1 fully saturated rings. The van der Waals surface area contributed by atoms with E-state index in [0.29, 0.717) is 22.8 Å². The van der Waals surface area contributed by atoms with Crippen LogP contribution in [0, 0.1) is 5.92 Å². The second-order valence-corrected chi connectivity index (χ2v) is 8.16. The molecule has 1 heterocycles. The van der Waals surface area contributed by atoms with Crippen molar-refractivity contribution in [2.75, 3.05) is 12.3 Å². The average molecular weight is 345 g/mol. The van der Waals surface area contributed by atoms with Crippen LogP contribution in [-0.2, 0) is 10.2 Å². The van der Waals surface area contributed by atoms with Crippen molar-refractivity contribution >= 4 is 17.7 Å². The highest BCUT2D eigenvalue weighted by Crippen LogP contribution is 2.28. The van der Waals surface area contributed by atoms with Crippen molar-refractivity contribution in [2.45, 2.75) is 44.3 Å². The number of rotatable bonds is 6. The van der Waals surface area contributed by atoms with E-state index in [0.717, 1.165) is 12.1 Å². The van der Waals surface area contributed by atoms with Crippen LogP contribution in [-0.4, -0.2) is 28.4 Å². The van der Waals surface area contributed by atoms with E-state index in [9.17, 15) is 4.79 Å². The Morgan fingerprint density at radius 2 is 1.96 bits per heavy atom. The predicted molar refractivity (Wildman–Crippen MR) is 94.9 cm³/mol. The molecule has 1 N–H and O–H groups in total. The summed E-state index contributed by atoms with van der Waals surface area (Å²) in [6.07, 6.45) is 2.46. The molecule has 3 rings (SSSR count). The molecule has 5 nitrogen and oxygen atoms in total. The molecule has 0 bridgehead atoms. The number of thioether (sulfide) groups is 1. The van der Waals surface area contributed by atoms with Gasteiger partial charge in [0, 0.05) is 12.1 Å². The van der Waals surface area contributed by atoms with Gasteiger partial charge in [-0.2, -0.15) is 0 Å². The first-order chi connectivity index (χ1) is 11.4. The average Bonchev–Trinajstić information content (AvgIpc) is 3.26. The van der Waals surface area contributed by atoms with Crippen LogP contribution in [0.1, 0.15) is 39.2 Å². The quantitative estimate of drug-likeness (QED) is 0.809. The van der Waals surface area contributed by atoms with E-state index in [-0.39, 0.29) is 11.3 Å². The van der Waals surface area contributed by atoms with Crippen LogP contribution in [0.5, 0.6) is 0 Å². The molecule has 1 aliphatic carbocycles. The van der Waals surface area contributed by atoms with E-state index >= 15 is 0 Å². The number of carbonyl (C=O) groups is 1. The van der Waals surface area contributed by atoms with E-state index in [2.05, 4.69) is 48.4 Å². The molecule has 0 radical (unpaired) electrons. The highest BCUT2D eigenvalue weighted by atomic mass is 32.2. The third-order valence-electron chi connectivity index (χ3n) is 4.02.